The van der Waals surface area contributed by atoms with Crippen LogP contribution in [-0.2, 0) is 14.6 Å². The van der Waals surface area contributed by atoms with Gasteiger partial charge in [-0.25, -0.2) is 22.0 Å². The molecule has 0 heterocycles. The molecule has 1 saturated carbocycles. The van der Waals surface area contributed by atoms with Crippen LogP contribution in [0.25, 0.3) is 0 Å². The first-order chi connectivity index (χ1) is 10.3. The minimum atomic E-state index is -5.08. The molecule has 0 spiro atoms. The Kier molecular flexibility index (Phi) is 8.39. The summed E-state index contributed by atoms with van der Waals surface area (Å²) in [6, 6.07) is 0. The van der Waals surface area contributed by atoms with E-state index in [1.165, 1.54) is 0 Å². The van der Waals surface area contributed by atoms with Crippen molar-refractivity contribution in [3.8, 4) is 0 Å². The topological polar surface area (TPSA) is 83.5 Å². The molecular weight excluding hydrogens is 349 g/mol. The molecule has 1 aliphatic carbocycles. The van der Waals surface area contributed by atoms with Gasteiger partial charge >= 0.3 is 12.1 Å². The highest BCUT2D eigenvalue weighted by molar-refractivity contribution is 7.92. The van der Waals surface area contributed by atoms with E-state index in [0.29, 0.717) is 13.0 Å². The second kappa shape index (κ2) is 8.76. The first kappa shape index (κ1) is 22.0. The van der Waals surface area contributed by atoms with Gasteiger partial charge in [-0.15, -0.1) is 0 Å². The first-order valence-electron chi connectivity index (χ1n) is 6.86. The van der Waals surface area contributed by atoms with Gasteiger partial charge in [0.25, 0.3) is 0 Å². The monoisotopic (exact) mass is 369 g/mol. The number of rotatable bonds is 5. The average molecular weight is 369 g/mol. The maximum absolute atomic E-state index is 12.9. The van der Waals surface area contributed by atoms with Crippen molar-refractivity contribution in [2.45, 2.75) is 49.5 Å². The fraction of sp³-hybridized carbons (Fsp3) is 0.917. The molecule has 23 heavy (non-hydrogen) atoms. The fourth-order valence-electron chi connectivity index (χ4n) is 1.99. The predicted molar refractivity (Wildman–Crippen MR) is 73.2 cm³/mol. The number of halogens is 5. The van der Waals surface area contributed by atoms with E-state index in [2.05, 4.69) is 5.32 Å². The van der Waals surface area contributed by atoms with Gasteiger partial charge in [-0.2, -0.15) is 13.2 Å². The van der Waals surface area contributed by atoms with Crippen LogP contribution in [-0.4, -0.2) is 56.2 Å². The lowest BCUT2D eigenvalue weighted by Gasteiger charge is -2.27. The zero-order chi connectivity index (χ0) is 18.3. The van der Waals surface area contributed by atoms with Crippen LogP contribution in [0, 0.1) is 0 Å². The van der Waals surface area contributed by atoms with Crippen molar-refractivity contribution in [1.29, 1.82) is 0 Å². The molecular formula is C12H20F5NO4S. The van der Waals surface area contributed by atoms with Crippen molar-refractivity contribution in [1.82, 2.24) is 5.32 Å². The Morgan fingerprint density at radius 3 is 2.04 bits per heavy atom. The molecule has 1 fully saturated rings. The Morgan fingerprint density at radius 1 is 1.26 bits per heavy atom. The van der Waals surface area contributed by atoms with Gasteiger partial charge in [-0.05, 0) is 32.9 Å². The highest BCUT2D eigenvalue weighted by Gasteiger charge is 2.39. The smallest absolute Gasteiger partial charge is 0.475 e. The summed E-state index contributed by atoms with van der Waals surface area (Å²) in [5.74, 6) is -5.31. The summed E-state index contributed by atoms with van der Waals surface area (Å²) in [4.78, 5) is 8.90. The molecule has 0 amide bonds. The first-order valence-corrected chi connectivity index (χ1v) is 8.57. The molecule has 5 nitrogen and oxygen atoms in total. The maximum atomic E-state index is 12.9. The van der Waals surface area contributed by atoms with E-state index < -0.39 is 33.2 Å². The van der Waals surface area contributed by atoms with Gasteiger partial charge in [0.05, 0.1) is 11.0 Å². The molecule has 0 aromatic rings. The van der Waals surface area contributed by atoms with Crippen LogP contribution >= 0.6 is 0 Å². The second-order valence-corrected chi connectivity index (χ2v) is 7.58. The van der Waals surface area contributed by atoms with Crippen molar-refractivity contribution in [2.24, 2.45) is 0 Å². The molecule has 0 unspecified atom stereocenters. The number of alkyl halides is 5. The maximum Gasteiger partial charge on any atom is 0.490 e. The normalized spacial score (nSPS) is 18.9. The van der Waals surface area contributed by atoms with Gasteiger partial charge in [-0.3, -0.25) is 0 Å². The predicted octanol–water partition coefficient (Wildman–Crippen LogP) is 2.22. The SMILES string of the molecule is CNCCCS(=O)(=O)C1CCC(F)(F)CC1.O=C(O)C(F)(F)F. The van der Waals surface area contributed by atoms with Crippen LogP contribution in [0.4, 0.5) is 22.0 Å². The fourth-order valence-corrected chi connectivity index (χ4v) is 3.82. The number of carboxylic acid groups (broad SMARTS) is 1. The number of carboxylic acids is 1. The van der Waals surface area contributed by atoms with Gasteiger partial charge in [0, 0.05) is 12.8 Å². The lowest BCUT2D eigenvalue weighted by Crippen LogP contribution is -2.34. The van der Waals surface area contributed by atoms with Gasteiger partial charge in [0.15, 0.2) is 9.84 Å². The molecule has 0 atom stereocenters. The van der Waals surface area contributed by atoms with E-state index in [4.69, 9.17) is 9.90 Å². The summed E-state index contributed by atoms with van der Waals surface area (Å²) in [5.41, 5.74) is 0. The molecule has 11 heteroatoms. The quantitative estimate of drug-likeness (QED) is 0.574. The molecule has 0 aromatic heterocycles. The number of sulfone groups is 1. The summed E-state index contributed by atoms with van der Waals surface area (Å²) in [6.07, 6.45) is -4.90. The standard InChI is InChI=1S/C10H19F2NO2S.C2HF3O2/c1-13-7-2-8-16(14,15)9-3-5-10(11,12)6-4-9;3-2(4,5)1(6)7/h9,13H,2-8H2,1H3;(H,6,7). The zero-order valence-corrected chi connectivity index (χ0v) is 13.3. The van der Waals surface area contributed by atoms with Crippen LogP contribution in [0.15, 0.2) is 0 Å². The van der Waals surface area contributed by atoms with Crippen molar-refractivity contribution < 1.29 is 40.3 Å². The lowest BCUT2D eigenvalue weighted by molar-refractivity contribution is -0.192. The number of hydrogen-bond donors (Lipinski definition) is 2. The van der Waals surface area contributed by atoms with Crippen molar-refractivity contribution >= 4 is 15.8 Å². The molecule has 0 aromatic carbocycles. The lowest BCUT2D eigenvalue weighted by atomic mass is 9.96. The highest BCUT2D eigenvalue weighted by atomic mass is 32.2. The van der Waals surface area contributed by atoms with Gasteiger partial charge in [0.1, 0.15) is 0 Å². The Bertz CT molecular complexity index is 468. The number of aliphatic carboxylic acids is 1. The molecule has 138 valence electrons. The Balaban J connectivity index is 0.000000585. The molecule has 1 rings (SSSR count). The Labute approximate surface area is 131 Å². The molecule has 0 bridgehead atoms. The van der Waals surface area contributed by atoms with Gasteiger partial charge < -0.3 is 10.4 Å². The van der Waals surface area contributed by atoms with Crippen LogP contribution in [0.5, 0.6) is 0 Å². The van der Waals surface area contributed by atoms with Crippen molar-refractivity contribution in [3.05, 3.63) is 0 Å². The Hall–Kier alpha value is -0.970. The van der Waals surface area contributed by atoms with Gasteiger partial charge in [-0.1, -0.05) is 0 Å². The van der Waals surface area contributed by atoms with Crippen LogP contribution in [0.2, 0.25) is 0 Å². The third-order valence-corrected chi connectivity index (χ3v) is 5.61. The molecule has 0 aliphatic heterocycles. The summed E-state index contributed by atoms with van der Waals surface area (Å²) < 4.78 is 81.1. The van der Waals surface area contributed by atoms with E-state index >= 15 is 0 Å². The zero-order valence-electron chi connectivity index (χ0n) is 12.5. The van der Waals surface area contributed by atoms with Gasteiger partial charge in [0.2, 0.25) is 5.92 Å². The second-order valence-electron chi connectivity index (χ2n) is 5.18. The molecule has 1 aliphatic rings. The summed E-state index contributed by atoms with van der Waals surface area (Å²) in [7, 11) is -1.42. The largest absolute Gasteiger partial charge is 0.490 e. The van der Waals surface area contributed by atoms with E-state index in [0.717, 1.165) is 0 Å². The molecule has 2 N–H and O–H groups in total. The average Bonchev–Trinajstić information content (AvgIpc) is 2.38. The summed E-state index contributed by atoms with van der Waals surface area (Å²) >= 11 is 0. The number of nitrogens with one attached hydrogen (secondary N) is 1. The van der Waals surface area contributed by atoms with E-state index in [1.807, 2.05) is 0 Å². The minimum absolute atomic E-state index is 0.101. The van der Waals surface area contributed by atoms with Crippen LogP contribution in [0.1, 0.15) is 32.1 Å². The Morgan fingerprint density at radius 2 is 1.70 bits per heavy atom. The van der Waals surface area contributed by atoms with E-state index in [1.54, 1.807) is 7.05 Å². The van der Waals surface area contributed by atoms with E-state index in [9.17, 15) is 30.4 Å². The van der Waals surface area contributed by atoms with Crippen molar-refractivity contribution in [2.75, 3.05) is 19.3 Å². The minimum Gasteiger partial charge on any atom is -0.475 e. The third kappa shape index (κ3) is 9.04. The summed E-state index contributed by atoms with van der Waals surface area (Å²) in [5, 5.41) is 9.44. The highest BCUT2D eigenvalue weighted by Crippen LogP contribution is 2.35. The van der Waals surface area contributed by atoms with E-state index in [-0.39, 0.29) is 31.4 Å². The number of hydrogen-bond acceptors (Lipinski definition) is 4. The van der Waals surface area contributed by atoms with Crippen molar-refractivity contribution in [3.63, 3.8) is 0 Å². The molecule has 0 saturated heterocycles. The summed E-state index contributed by atoms with van der Waals surface area (Å²) in [6.45, 7) is 0.641. The van der Waals surface area contributed by atoms with Crippen LogP contribution < -0.4 is 5.32 Å². The number of carbonyl (C=O) groups is 1. The molecule has 0 radical (unpaired) electrons. The third-order valence-electron chi connectivity index (χ3n) is 3.27. The van der Waals surface area contributed by atoms with Crippen LogP contribution in [0.3, 0.4) is 0 Å².